The van der Waals surface area contributed by atoms with Gasteiger partial charge in [-0.1, -0.05) is 12.1 Å². The summed E-state index contributed by atoms with van der Waals surface area (Å²) in [6, 6.07) is 9.09. The number of aromatic nitrogens is 2. The summed E-state index contributed by atoms with van der Waals surface area (Å²) < 4.78 is 10.1. The maximum atomic E-state index is 11.3. The fraction of sp³-hybridized carbons (Fsp3) is 0.214. The highest BCUT2D eigenvalue weighted by Crippen LogP contribution is 2.19. The molecule has 2 aromatic rings. The van der Waals surface area contributed by atoms with Crippen LogP contribution in [0, 0.1) is 0 Å². The highest BCUT2D eigenvalue weighted by Gasteiger charge is 2.10. The molecule has 2 rings (SSSR count). The molecule has 1 aromatic carbocycles. The van der Waals surface area contributed by atoms with Crippen LogP contribution < -0.4 is 10.5 Å². The Balaban J connectivity index is 2.11. The lowest BCUT2D eigenvalue weighted by Gasteiger charge is -2.06. The first kappa shape index (κ1) is 14.0. The van der Waals surface area contributed by atoms with E-state index in [1.54, 1.807) is 6.07 Å². The van der Waals surface area contributed by atoms with E-state index in [9.17, 15) is 4.79 Å². The van der Waals surface area contributed by atoms with E-state index in [2.05, 4.69) is 14.7 Å². The number of hydrogen-bond acceptors (Lipinski definition) is 6. The summed E-state index contributed by atoms with van der Waals surface area (Å²) >= 11 is 0. The summed E-state index contributed by atoms with van der Waals surface area (Å²) in [5.74, 6) is 0.269. The third-order valence-electron chi connectivity index (χ3n) is 2.58. The van der Waals surface area contributed by atoms with E-state index in [-0.39, 0.29) is 11.7 Å². The van der Waals surface area contributed by atoms with Crippen molar-refractivity contribution in [3.8, 4) is 11.6 Å². The Morgan fingerprint density at radius 1 is 1.25 bits per heavy atom. The van der Waals surface area contributed by atoms with Gasteiger partial charge in [0.15, 0.2) is 0 Å². The predicted octanol–water partition coefficient (Wildman–Crippen LogP) is 1.56. The molecule has 0 saturated heterocycles. The molecule has 1 aromatic heterocycles. The van der Waals surface area contributed by atoms with Gasteiger partial charge in [-0.15, -0.1) is 0 Å². The lowest BCUT2D eigenvalue weighted by Crippen LogP contribution is -2.07. The fourth-order valence-corrected chi connectivity index (χ4v) is 1.60. The summed E-state index contributed by atoms with van der Waals surface area (Å²) in [5.41, 5.74) is 6.63. The SMILES string of the molecule is COC(=O)c1nccc(Oc2ccc(CCN)cc2)n1. The van der Waals surface area contributed by atoms with Crippen molar-refractivity contribution in [2.75, 3.05) is 13.7 Å². The van der Waals surface area contributed by atoms with Crippen molar-refractivity contribution in [3.05, 3.63) is 47.9 Å². The molecule has 0 unspecified atom stereocenters. The van der Waals surface area contributed by atoms with Crippen LogP contribution in [0.4, 0.5) is 0 Å². The van der Waals surface area contributed by atoms with Gasteiger partial charge < -0.3 is 15.2 Å². The number of carbonyl (C=O) groups is 1. The molecule has 0 aliphatic heterocycles. The van der Waals surface area contributed by atoms with E-state index >= 15 is 0 Å². The molecular formula is C14H15N3O3. The average molecular weight is 273 g/mol. The molecule has 2 N–H and O–H groups in total. The molecule has 0 aliphatic rings. The summed E-state index contributed by atoms with van der Waals surface area (Å²) in [5, 5.41) is 0. The van der Waals surface area contributed by atoms with Crippen molar-refractivity contribution in [3.63, 3.8) is 0 Å². The van der Waals surface area contributed by atoms with Gasteiger partial charge in [0.25, 0.3) is 0 Å². The second-order valence-corrected chi connectivity index (χ2v) is 3.99. The van der Waals surface area contributed by atoms with E-state index in [0.29, 0.717) is 12.3 Å². The molecule has 104 valence electrons. The molecule has 6 heteroatoms. The minimum atomic E-state index is -0.603. The average Bonchev–Trinajstić information content (AvgIpc) is 2.49. The third kappa shape index (κ3) is 3.52. The molecule has 0 spiro atoms. The molecule has 0 saturated carbocycles. The van der Waals surface area contributed by atoms with Gasteiger partial charge in [0.05, 0.1) is 7.11 Å². The highest BCUT2D eigenvalue weighted by molar-refractivity contribution is 5.84. The number of esters is 1. The molecule has 0 fully saturated rings. The standard InChI is InChI=1S/C14H15N3O3/c1-19-14(18)13-16-9-7-12(17-13)20-11-4-2-10(3-5-11)6-8-15/h2-5,7,9H,6,8,15H2,1H3. The first-order chi connectivity index (χ1) is 9.72. The van der Waals surface area contributed by atoms with E-state index in [4.69, 9.17) is 10.5 Å². The number of rotatable bonds is 5. The first-order valence-electron chi connectivity index (χ1n) is 6.11. The van der Waals surface area contributed by atoms with Gasteiger partial charge in [-0.05, 0) is 30.7 Å². The monoisotopic (exact) mass is 273 g/mol. The van der Waals surface area contributed by atoms with Gasteiger partial charge >= 0.3 is 5.97 Å². The number of nitrogens with zero attached hydrogens (tertiary/aromatic N) is 2. The Kier molecular flexibility index (Phi) is 4.62. The zero-order valence-corrected chi connectivity index (χ0v) is 11.1. The van der Waals surface area contributed by atoms with Crippen molar-refractivity contribution in [2.24, 2.45) is 5.73 Å². The van der Waals surface area contributed by atoms with Crippen LogP contribution in [-0.2, 0) is 11.2 Å². The maximum absolute atomic E-state index is 11.3. The Morgan fingerprint density at radius 3 is 2.65 bits per heavy atom. The first-order valence-corrected chi connectivity index (χ1v) is 6.11. The Bertz CT molecular complexity index is 584. The topological polar surface area (TPSA) is 87.3 Å². The highest BCUT2D eigenvalue weighted by atomic mass is 16.5. The number of hydrogen-bond donors (Lipinski definition) is 1. The van der Waals surface area contributed by atoms with Crippen LogP contribution >= 0.6 is 0 Å². The van der Waals surface area contributed by atoms with Crippen molar-refractivity contribution in [1.29, 1.82) is 0 Å². The zero-order valence-electron chi connectivity index (χ0n) is 11.1. The van der Waals surface area contributed by atoms with Gasteiger partial charge in [-0.25, -0.2) is 9.78 Å². The molecule has 0 atom stereocenters. The quantitative estimate of drug-likeness (QED) is 0.832. The van der Waals surface area contributed by atoms with Crippen LogP contribution in [0.5, 0.6) is 11.6 Å². The minimum absolute atomic E-state index is 0.0373. The van der Waals surface area contributed by atoms with Crippen molar-refractivity contribution < 1.29 is 14.3 Å². The van der Waals surface area contributed by atoms with Crippen LogP contribution in [0.2, 0.25) is 0 Å². The lowest BCUT2D eigenvalue weighted by molar-refractivity contribution is 0.0585. The molecule has 0 radical (unpaired) electrons. The molecule has 6 nitrogen and oxygen atoms in total. The summed E-state index contributed by atoms with van der Waals surface area (Å²) in [4.78, 5) is 19.1. The molecule has 0 bridgehead atoms. The number of nitrogens with two attached hydrogens (primary N) is 1. The van der Waals surface area contributed by atoms with Crippen molar-refractivity contribution >= 4 is 5.97 Å². The lowest BCUT2D eigenvalue weighted by atomic mass is 10.1. The second kappa shape index (κ2) is 6.63. The van der Waals surface area contributed by atoms with Gasteiger partial charge in [-0.2, -0.15) is 4.98 Å². The van der Waals surface area contributed by atoms with Crippen molar-refractivity contribution in [1.82, 2.24) is 9.97 Å². The van der Waals surface area contributed by atoms with E-state index in [1.165, 1.54) is 13.3 Å². The largest absolute Gasteiger partial charge is 0.463 e. The predicted molar refractivity (Wildman–Crippen MR) is 72.6 cm³/mol. The van der Waals surface area contributed by atoms with Gasteiger partial charge in [-0.3, -0.25) is 0 Å². The number of ether oxygens (including phenoxy) is 2. The van der Waals surface area contributed by atoms with Crippen LogP contribution in [0.15, 0.2) is 36.5 Å². The summed E-state index contributed by atoms with van der Waals surface area (Å²) in [7, 11) is 1.27. The van der Waals surface area contributed by atoms with E-state index in [1.807, 2.05) is 24.3 Å². The minimum Gasteiger partial charge on any atom is -0.463 e. The number of carbonyl (C=O) groups excluding carboxylic acids is 1. The normalized spacial score (nSPS) is 10.1. The van der Waals surface area contributed by atoms with Gasteiger partial charge in [0.2, 0.25) is 11.7 Å². The van der Waals surface area contributed by atoms with Crippen molar-refractivity contribution in [2.45, 2.75) is 6.42 Å². The Morgan fingerprint density at radius 2 is 2.00 bits per heavy atom. The van der Waals surface area contributed by atoms with Gasteiger partial charge in [0, 0.05) is 12.3 Å². The molecule has 20 heavy (non-hydrogen) atoms. The van der Waals surface area contributed by atoms with E-state index < -0.39 is 5.97 Å². The van der Waals surface area contributed by atoms with Crippen LogP contribution in [0.25, 0.3) is 0 Å². The molecule has 0 aliphatic carbocycles. The summed E-state index contributed by atoms with van der Waals surface area (Å²) in [6.45, 7) is 0.606. The Labute approximate surface area is 116 Å². The van der Waals surface area contributed by atoms with Gasteiger partial charge in [0.1, 0.15) is 5.75 Å². The second-order valence-electron chi connectivity index (χ2n) is 3.99. The summed E-state index contributed by atoms with van der Waals surface area (Å²) in [6.07, 6.45) is 2.26. The number of methoxy groups -OCH3 is 1. The maximum Gasteiger partial charge on any atom is 0.376 e. The number of benzene rings is 1. The Hall–Kier alpha value is -2.47. The zero-order chi connectivity index (χ0) is 14.4. The van der Waals surface area contributed by atoms with Crippen LogP contribution in [0.3, 0.4) is 0 Å². The third-order valence-corrected chi connectivity index (χ3v) is 2.58. The fourth-order valence-electron chi connectivity index (χ4n) is 1.60. The van der Waals surface area contributed by atoms with Crippen LogP contribution in [-0.4, -0.2) is 29.6 Å². The molecule has 0 amide bonds. The van der Waals surface area contributed by atoms with E-state index in [0.717, 1.165) is 12.0 Å². The van der Waals surface area contributed by atoms with Crippen LogP contribution in [0.1, 0.15) is 16.2 Å². The molecular weight excluding hydrogens is 258 g/mol. The molecule has 1 heterocycles. The smallest absolute Gasteiger partial charge is 0.376 e.